The zero-order valence-electron chi connectivity index (χ0n) is 12.3. The molecule has 2 aliphatic heterocycles. The fraction of sp³-hybridized carbons (Fsp3) is 0.500. The number of benzene rings is 1. The van der Waals surface area contributed by atoms with Gasteiger partial charge in [-0.15, -0.1) is 0 Å². The summed E-state index contributed by atoms with van der Waals surface area (Å²) in [6.45, 7) is 3.32. The molecule has 1 aromatic carbocycles. The second-order valence-electron chi connectivity index (χ2n) is 5.81. The van der Waals surface area contributed by atoms with Crippen LogP contribution in [-0.2, 0) is 16.0 Å². The van der Waals surface area contributed by atoms with Crippen molar-refractivity contribution >= 4 is 23.2 Å². The van der Waals surface area contributed by atoms with Gasteiger partial charge in [-0.25, -0.2) is 0 Å². The Morgan fingerprint density at radius 3 is 3.00 bits per heavy atom. The second-order valence-corrected chi connectivity index (χ2v) is 5.81. The van der Waals surface area contributed by atoms with Gasteiger partial charge < -0.3 is 15.5 Å². The van der Waals surface area contributed by atoms with Gasteiger partial charge in [-0.3, -0.25) is 9.59 Å². The Labute approximate surface area is 124 Å². The van der Waals surface area contributed by atoms with Gasteiger partial charge in [0.25, 0.3) is 0 Å². The summed E-state index contributed by atoms with van der Waals surface area (Å²) < 4.78 is 0. The molecule has 1 aromatic rings. The van der Waals surface area contributed by atoms with Crippen LogP contribution in [0.25, 0.3) is 0 Å². The molecule has 21 heavy (non-hydrogen) atoms. The average molecular weight is 287 g/mol. The molecule has 5 nitrogen and oxygen atoms in total. The molecule has 0 saturated carbocycles. The van der Waals surface area contributed by atoms with Crippen LogP contribution in [0.1, 0.15) is 31.7 Å². The highest BCUT2D eigenvalue weighted by atomic mass is 16.2. The van der Waals surface area contributed by atoms with Crippen LogP contribution in [-0.4, -0.2) is 30.9 Å². The molecule has 1 saturated heterocycles. The first-order valence-electron chi connectivity index (χ1n) is 7.58. The predicted molar refractivity (Wildman–Crippen MR) is 82.4 cm³/mol. The molecule has 0 bridgehead atoms. The van der Waals surface area contributed by atoms with Gasteiger partial charge in [-0.1, -0.05) is 0 Å². The lowest BCUT2D eigenvalue weighted by Crippen LogP contribution is -2.27. The Balaban J connectivity index is 1.64. The van der Waals surface area contributed by atoms with E-state index in [-0.39, 0.29) is 11.8 Å². The second kappa shape index (κ2) is 5.85. The van der Waals surface area contributed by atoms with Crippen LogP contribution in [0.5, 0.6) is 0 Å². The van der Waals surface area contributed by atoms with Gasteiger partial charge in [-0.2, -0.15) is 0 Å². The van der Waals surface area contributed by atoms with E-state index in [0.717, 1.165) is 49.3 Å². The molecule has 2 N–H and O–H groups in total. The summed E-state index contributed by atoms with van der Waals surface area (Å²) in [6.07, 6.45) is 3.60. The molecule has 2 heterocycles. The number of nitrogens with one attached hydrogen (secondary N) is 2. The van der Waals surface area contributed by atoms with Crippen molar-refractivity contribution in [1.82, 2.24) is 5.32 Å². The maximum atomic E-state index is 12.0. The Kier molecular flexibility index (Phi) is 3.92. The zero-order chi connectivity index (χ0) is 14.8. The minimum Gasteiger partial charge on any atom is -0.326 e. The molecule has 5 heteroatoms. The molecule has 2 aliphatic rings. The van der Waals surface area contributed by atoms with Gasteiger partial charge in [0.2, 0.25) is 11.8 Å². The van der Waals surface area contributed by atoms with Crippen LogP contribution in [0.3, 0.4) is 0 Å². The van der Waals surface area contributed by atoms with Crippen LogP contribution in [0, 0.1) is 0 Å². The Bertz CT molecular complexity index is 565. The predicted octanol–water partition coefficient (Wildman–Crippen LogP) is 1.68. The molecular weight excluding hydrogens is 266 g/mol. The van der Waals surface area contributed by atoms with Crippen molar-refractivity contribution in [2.24, 2.45) is 0 Å². The first-order chi connectivity index (χ1) is 10.1. The fourth-order valence-electron chi connectivity index (χ4n) is 3.17. The summed E-state index contributed by atoms with van der Waals surface area (Å²) in [5.74, 6) is 0.119. The number of fused-ring (bicyclic) bond motifs is 1. The first-order valence-corrected chi connectivity index (χ1v) is 7.58. The molecule has 1 unspecified atom stereocenters. The maximum Gasteiger partial charge on any atom is 0.225 e. The Morgan fingerprint density at radius 1 is 1.43 bits per heavy atom. The van der Waals surface area contributed by atoms with E-state index in [1.807, 2.05) is 18.2 Å². The van der Waals surface area contributed by atoms with E-state index in [9.17, 15) is 9.59 Å². The molecular formula is C16H21N3O2. The molecule has 0 spiro atoms. The number of nitrogens with zero attached hydrogens (tertiary/aromatic N) is 1. The Morgan fingerprint density at radius 2 is 2.29 bits per heavy atom. The number of rotatable bonds is 3. The minimum atomic E-state index is 0.0516. The molecule has 0 aliphatic carbocycles. The van der Waals surface area contributed by atoms with E-state index in [0.29, 0.717) is 12.5 Å². The normalized spacial score (nSPS) is 20.4. The number of hydrogen-bond acceptors (Lipinski definition) is 3. The van der Waals surface area contributed by atoms with Gasteiger partial charge in [0, 0.05) is 37.3 Å². The number of hydrogen-bond donors (Lipinski definition) is 2. The van der Waals surface area contributed by atoms with Gasteiger partial charge in [0.15, 0.2) is 0 Å². The topological polar surface area (TPSA) is 61.4 Å². The summed E-state index contributed by atoms with van der Waals surface area (Å²) >= 11 is 0. The standard InChI is InChI=1S/C16H21N3O2/c1-11(20)19-8-6-12-9-14(4-5-15(12)19)18-16(21)10-13-3-2-7-17-13/h4-5,9,13,17H,2-3,6-8,10H2,1H3,(H,18,21). The summed E-state index contributed by atoms with van der Waals surface area (Å²) in [5, 5.41) is 6.29. The lowest BCUT2D eigenvalue weighted by atomic mass is 10.1. The molecule has 1 fully saturated rings. The third kappa shape index (κ3) is 3.08. The van der Waals surface area contributed by atoms with Crippen molar-refractivity contribution in [3.8, 4) is 0 Å². The van der Waals surface area contributed by atoms with Crippen LogP contribution < -0.4 is 15.5 Å². The van der Waals surface area contributed by atoms with Crippen molar-refractivity contribution < 1.29 is 9.59 Å². The van der Waals surface area contributed by atoms with Crippen LogP contribution in [0.4, 0.5) is 11.4 Å². The highest BCUT2D eigenvalue weighted by Crippen LogP contribution is 2.30. The molecule has 2 amide bonds. The van der Waals surface area contributed by atoms with Crippen molar-refractivity contribution in [3.63, 3.8) is 0 Å². The Hall–Kier alpha value is -1.88. The van der Waals surface area contributed by atoms with E-state index in [4.69, 9.17) is 0 Å². The zero-order valence-corrected chi connectivity index (χ0v) is 12.3. The van der Waals surface area contributed by atoms with Crippen molar-refractivity contribution in [1.29, 1.82) is 0 Å². The minimum absolute atomic E-state index is 0.0516. The third-order valence-corrected chi connectivity index (χ3v) is 4.23. The number of carbonyl (C=O) groups excluding carboxylic acids is 2. The van der Waals surface area contributed by atoms with Crippen molar-refractivity contribution in [2.75, 3.05) is 23.3 Å². The lowest BCUT2D eigenvalue weighted by molar-refractivity contribution is -0.117. The summed E-state index contributed by atoms with van der Waals surface area (Å²) in [7, 11) is 0. The maximum absolute atomic E-state index is 12.0. The molecule has 0 radical (unpaired) electrons. The lowest BCUT2D eigenvalue weighted by Gasteiger charge is -2.15. The SMILES string of the molecule is CC(=O)N1CCc2cc(NC(=O)CC3CCCN3)ccc21. The van der Waals surface area contributed by atoms with E-state index < -0.39 is 0 Å². The summed E-state index contributed by atoms with van der Waals surface area (Å²) in [4.78, 5) is 25.3. The number of carbonyl (C=O) groups is 2. The summed E-state index contributed by atoms with van der Waals surface area (Å²) in [6, 6.07) is 6.10. The quantitative estimate of drug-likeness (QED) is 0.889. The average Bonchev–Trinajstić information content (AvgIpc) is 3.06. The molecule has 112 valence electrons. The van der Waals surface area contributed by atoms with E-state index in [2.05, 4.69) is 10.6 Å². The van der Waals surface area contributed by atoms with E-state index in [1.54, 1.807) is 11.8 Å². The number of anilines is 2. The van der Waals surface area contributed by atoms with Crippen LogP contribution >= 0.6 is 0 Å². The van der Waals surface area contributed by atoms with Gasteiger partial charge >= 0.3 is 0 Å². The molecule has 0 aromatic heterocycles. The molecule has 3 rings (SSSR count). The van der Waals surface area contributed by atoms with Gasteiger partial charge in [0.1, 0.15) is 0 Å². The first kappa shape index (κ1) is 14.1. The van der Waals surface area contributed by atoms with Gasteiger partial charge in [0.05, 0.1) is 0 Å². The van der Waals surface area contributed by atoms with Gasteiger partial charge in [-0.05, 0) is 49.6 Å². The van der Waals surface area contributed by atoms with Crippen molar-refractivity contribution in [2.45, 2.75) is 38.6 Å². The van der Waals surface area contributed by atoms with Crippen molar-refractivity contribution in [3.05, 3.63) is 23.8 Å². The summed E-state index contributed by atoms with van der Waals surface area (Å²) in [5.41, 5.74) is 2.92. The molecule has 1 atom stereocenters. The monoisotopic (exact) mass is 287 g/mol. The smallest absolute Gasteiger partial charge is 0.225 e. The third-order valence-electron chi connectivity index (χ3n) is 4.23. The van der Waals surface area contributed by atoms with Crippen LogP contribution in [0.15, 0.2) is 18.2 Å². The number of amides is 2. The van der Waals surface area contributed by atoms with E-state index >= 15 is 0 Å². The van der Waals surface area contributed by atoms with E-state index in [1.165, 1.54) is 0 Å². The highest BCUT2D eigenvalue weighted by Gasteiger charge is 2.23. The fourth-order valence-corrected chi connectivity index (χ4v) is 3.17. The highest BCUT2D eigenvalue weighted by molar-refractivity contribution is 5.95. The largest absolute Gasteiger partial charge is 0.326 e. The van der Waals surface area contributed by atoms with Crippen LogP contribution in [0.2, 0.25) is 0 Å².